The van der Waals surface area contributed by atoms with Crippen LogP contribution in [0.4, 0.5) is 5.69 Å². The van der Waals surface area contributed by atoms with E-state index >= 15 is 0 Å². The van der Waals surface area contributed by atoms with Crippen molar-refractivity contribution < 1.29 is 13.2 Å². The van der Waals surface area contributed by atoms with E-state index in [4.69, 9.17) is 5.73 Å². The Morgan fingerprint density at radius 3 is 2.81 bits per heavy atom. The maximum absolute atomic E-state index is 11.7. The highest BCUT2D eigenvalue weighted by Crippen LogP contribution is 2.17. The van der Waals surface area contributed by atoms with Crippen molar-refractivity contribution in [3.05, 3.63) is 18.5 Å². The highest BCUT2D eigenvalue weighted by atomic mass is 32.2. The van der Waals surface area contributed by atoms with Crippen LogP contribution >= 0.6 is 0 Å². The summed E-state index contributed by atoms with van der Waals surface area (Å²) in [6, 6.07) is 1.51. The van der Waals surface area contributed by atoms with E-state index in [2.05, 4.69) is 15.0 Å². The second-order valence-electron chi connectivity index (χ2n) is 2.91. The fourth-order valence-electron chi connectivity index (χ4n) is 1.04. The molecular formula is C8H12N4O3S. The van der Waals surface area contributed by atoms with Crippen LogP contribution in [0.25, 0.3) is 0 Å². The lowest BCUT2D eigenvalue weighted by atomic mass is 10.4. The topological polar surface area (TPSA) is 114 Å². The lowest BCUT2D eigenvalue weighted by Gasteiger charge is -2.09. The predicted octanol–water partition coefficient (Wildman–Crippen LogP) is -1.11. The van der Waals surface area contributed by atoms with Gasteiger partial charge in [0.2, 0.25) is 15.9 Å². The molecule has 0 atom stereocenters. The highest BCUT2D eigenvalue weighted by Gasteiger charge is 2.18. The normalized spacial score (nSPS) is 11.1. The van der Waals surface area contributed by atoms with Gasteiger partial charge >= 0.3 is 0 Å². The molecule has 0 fully saturated rings. The third kappa shape index (κ3) is 2.91. The zero-order valence-electron chi connectivity index (χ0n) is 8.60. The molecule has 0 spiro atoms. The Morgan fingerprint density at radius 1 is 1.56 bits per heavy atom. The SMILES string of the molecule is CNc1ccncc1S(=O)(=O)NCC(N)=O. The van der Waals surface area contributed by atoms with E-state index in [9.17, 15) is 13.2 Å². The minimum absolute atomic E-state index is 0.0289. The van der Waals surface area contributed by atoms with E-state index in [-0.39, 0.29) is 4.90 Å². The number of nitrogens with zero attached hydrogens (tertiary/aromatic N) is 1. The van der Waals surface area contributed by atoms with E-state index in [1.54, 1.807) is 7.05 Å². The minimum atomic E-state index is -3.77. The van der Waals surface area contributed by atoms with Crippen molar-refractivity contribution in [3.63, 3.8) is 0 Å². The monoisotopic (exact) mass is 244 g/mol. The second kappa shape index (κ2) is 4.90. The van der Waals surface area contributed by atoms with Crippen LogP contribution in [0.2, 0.25) is 0 Å². The van der Waals surface area contributed by atoms with Crippen LogP contribution in [-0.4, -0.2) is 32.9 Å². The van der Waals surface area contributed by atoms with Crippen LogP contribution in [0.5, 0.6) is 0 Å². The molecule has 1 rings (SSSR count). The van der Waals surface area contributed by atoms with Crippen LogP contribution < -0.4 is 15.8 Å². The number of carbonyl (C=O) groups is 1. The van der Waals surface area contributed by atoms with Crippen molar-refractivity contribution in [2.24, 2.45) is 5.73 Å². The van der Waals surface area contributed by atoms with Gasteiger partial charge in [-0.05, 0) is 6.07 Å². The molecule has 16 heavy (non-hydrogen) atoms. The number of sulfonamides is 1. The maximum Gasteiger partial charge on any atom is 0.244 e. The average Bonchev–Trinajstić information content (AvgIpc) is 2.26. The van der Waals surface area contributed by atoms with Gasteiger partial charge in [-0.1, -0.05) is 0 Å². The third-order valence-electron chi connectivity index (χ3n) is 1.78. The number of nitrogens with two attached hydrogens (primary N) is 1. The molecule has 1 amide bonds. The molecular weight excluding hydrogens is 232 g/mol. The Labute approximate surface area is 93.1 Å². The molecule has 0 saturated carbocycles. The van der Waals surface area contributed by atoms with Crippen molar-refractivity contribution >= 4 is 21.6 Å². The number of aromatic nitrogens is 1. The summed E-state index contributed by atoms with van der Waals surface area (Å²) in [5.74, 6) is -0.751. The summed E-state index contributed by atoms with van der Waals surface area (Å²) in [7, 11) is -2.19. The summed E-state index contributed by atoms with van der Waals surface area (Å²) in [4.78, 5) is 14.2. The van der Waals surface area contributed by atoms with Crippen LogP contribution in [0.3, 0.4) is 0 Å². The quantitative estimate of drug-likeness (QED) is 0.607. The summed E-state index contributed by atoms with van der Waals surface area (Å²) in [5, 5.41) is 2.71. The van der Waals surface area contributed by atoms with Crippen molar-refractivity contribution in [2.45, 2.75) is 4.90 Å². The molecule has 88 valence electrons. The first-order valence-electron chi connectivity index (χ1n) is 4.37. The Balaban J connectivity index is 3.02. The zero-order chi connectivity index (χ0) is 12.2. The van der Waals surface area contributed by atoms with Gasteiger partial charge in [-0.15, -0.1) is 0 Å². The van der Waals surface area contributed by atoms with Crippen LogP contribution in [0.1, 0.15) is 0 Å². The van der Waals surface area contributed by atoms with Gasteiger partial charge in [0.05, 0.1) is 12.2 Å². The number of anilines is 1. The second-order valence-corrected chi connectivity index (χ2v) is 4.65. The first kappa shape index (κ1) is 12.4. The van der Waals surface area contributed by atoms with Crippen molar-refractivity contribution in [2.75, 3.05) is 18.9 Å². The Bertz CT molecular complexity index is 486. The molecule has 0 unspecified atom stereocenters. The summed E-state index contributed by atoms with van der Waals surface area (Å²) < 4.78 is 25.5. The standard InChI is InChI=1S/C8H12N4O3S/c1-10-6-2-3-11-4-7(6)16(14,15)12-5-8(9)13/h2-4,12H,5H2,1H3,(H2,9,13)(H,10,11). The number of rotatable bonds is 5. The zero-order valence-corrected chi connectivity index (χ0v) is 9.41. The fourth-order valence-corrected chi connectivity index (χ4v) is 2.19. The van der Waals surface area contributed by atoms with Crippen molar-refractivity contribution in [3.8, 4) is 0 Å². The maximum atomic E-state index is 11.7. The van der Waals surface area contributed by atoms with Crippen molar-refractivity contribution in [1.29, 1.82) is 0 Å². The average molecular weight is 244 g/mol. The Kier molecular flexibility index (Phi) is 3.80. The molecule has 8 heteroatoms. The van der Waals surface area contributed by atoms with Crippen LogP contribution in [-0.2, 0) is 14.8 Å². The van der Waals surface area contributed by atoms with Gasteiger partial charge in [0.1, 0.15) is 4.90 Å². The lowest BCUT2D eigenvalue weighted by molar-refractivity contribution is -0.116. The summed E-state index contributed by atoms with van der Waals surface area (Å²) in [6.45, 7) is -0.444. The third-order valence-corrected chi connectivity index (χ3v) is 3.21. The molecule has 1 aromatic heterocycles. The molecule has 0 aliphatic carbocycles. The van der Waals surface area contributed by atoms with Crippen LogP contribution in [0.15, 0.2) is 23.4 Å². The molecule has 0 radical (unpaired) electrons. The lowest BCUT2D eigenvalue weighted by Crippen LogP contribution is -2.33. The predicted molar refractivity (Wildman–Crippen MR) is 58.2 cm³/mol. The number of hydrogen-bond acceptors (Lipinski definition) is 5. The number of amides is 1. The van der Waals surface area contributed by atoms with Crippen molar-refractivity contribution in [1.82, 2.24) is 9.71 Å². The molecule has 7 nitrogen and oxygen atoms in total. The molecule has 0 aromatic carbocycles. The molecule has 1 heterocycles. The first-order chi connectivity index (χ1) is 7.47. The van der Waals surface area contributed by atoms with E-state index in [1.807, 2.05) is 0 Å². The summed E-state index contributed by atoms with van der Waals surface area (Å²) in [6.07, 6.45) is 2.65. The summed E-state index contributed by atoms with van der Waals surface area (Å²) in [5.41, 5.74) is 5.25. The van der Waals surface area contributed by atoms with E-state index in [0.29, 0.717) is 5.69 Å². The van der Waals surface area contributed by atoms with E-state index < -0.39 is 22.5 Å². The number of hydrogen-bond donors (Lipinski definition) is 3. The number of carbonyl (C=O) groups excluding carboxylic acids is 1. The Hall–Kier alpha value is -1.67. The number of nitrogens with one attached hydrogen (secondary N) is 2. The van der Waals surface area contributed by atoms with Gasteiger partial charge in [-0.3, -0.25) is 9.78 Å². The van der Waals surface area contributed by atoms with Crippen LogP contribution in [0, 0.1) is 0 Å². The smallest absolute Gasteiger partial charge is 0.244 e. The largest absolute Gasteiger partial charge is 0.387 e. The molecule has 0 bridgehead atoms. The first-order valence-corrected chi connectivity index (χ1v) is 5.85. The Morgan fingerprint density at radius 2 is 2.25 bits per heavy atom. The van der Waals surface area contributed by atoms with E-state index in [0.717, 1.165) is 0 Å². The van der Waals surface area contributed by atoms with Gasteiger partial charge in [-0.2, -0.15) is 0 Å². The minimum Gasteiger partial charge on any atom is -0.387 e. The fraction of sp³-hybridized carbons (Fsp3) is 0.250. The molecule has 0 saturated heterocycles. The molecule has 1 aromatic rings. The number of pyridine rings is 1. The summed E-state index contributed by atoms with van der Waals surface area (Å²) >= 11 is 0. The van der Waals surface area contributed by atoms with Gasteiger partial charge < -0.3 is 11.1 Å². The van der Waals surface area contributed by atoms with Gasteiger partial charge in [0, 0.05) is 19.4 Å². The highest BCUT2D eigenvalue weighted by molar-refractivity contribution is 7.89. The number of primary amides is 1. The molecule has 4 N–H and O–H groups in total. The van der Waals surface area contributed by atoms with Gasteiger partial charge in [0.25, 0.3) is 0 Å². The molecule has 0 aliphatic rings. The molecule has 0 aliphatic heterocycles. The van der Waals surface area contributed by atoms with E-state index in [1.165, 1.54) is 18.5 Å². The van der Waals surface area contributed by atoms with Gasteiger partial charge in [-0.25, -0.2) is 13.1 Å². The van der Waals surface area contributed by atoms with Gasteiger partial charge in [0.15, 0.2) is 0 Å².